The van der Waals surface area contributed by atoms with Gasteiger partial charge in [-0.2, -0.15) is 0 Å². The smallest absolute Gasteiger partial charge is 0.0530 e. The molecule has 0 aromatic rings. The molecule has 0 nitrogen and oxygen atoms in total. The predicted molar refractivity (Wildman–Crippen MR) is 50.2 cm³/mol. The summed E-state index contributed by atoms with van der Waals surface area (Å²) in [5, 5.41) is 3.70. The molecule has 1 aliphatic heterocycles. The van der Waals surface area contributed by atoms with Crippen LogP contribution in [0.3, 0.4) is 0 Å². The summed E-state index contributed by atoms with van der Waals surface area (Å²) in [6, 6.07) is 0. The lowest BCUT2D eigenvalue weighted by Crippen LogP contribution is -2.07. The van der Waals surface area contributed by atoms with Gasteiger partial charge in [0.1, 0.15) is 0 Å². The van der Waals surface area contributed by atoms with Crippen LogP contribution >= 0.6 is 11.8 Å². The molecule has 0 bridgehead atoms. The molecule has 0 spiro atoms. The highest BCUT2D eigenvalue weighted by Gasteiger charge is 2.15. The lowest BCUT2D eigenvalue weighted by Gasteiger charge is -2.19. The molecule has 11 heavy (non-hydrogen) atoms. The Kier molecular flexibility index (Phi) is 1.74. The topological polar surface area (TPSA) is 0 Å². The van der Waals surface area contributed by atoms with Crippen molar-refractivity contribution in [2.75, 3.05) is 0 Å². The van der Waals surface area contributed by atoms with Crippen molar-refractivity contribution in [3.8, 4) is 0 Å². The molecule has 0 fully saturated rings. The van der Waals surface area contributed by atoms with E-state index in [0.29, 0.717) is 5.25 Å². The van der Waals surface area contributed by atoms with Gasteiger partial charge >= 0.3 is 0 Å². The van der Waals surface area contributed by atoms with E-state index in [2.05, 4.69) is 42.7 Å². The van der Waals surface area contributed by atoms with Gasteiger partial charge in [-0.3, -0.25) is 0 Å². The number of fused-ring (bicyclic) bond motifs is 1. The van der Waals surface area contributed by atoms with Crippen LogP contribution < -0.4 is 0 Å². The summed E-state index contributed by atoms with van der Waals surface area (Å²) >= 11 is 1.75. The van der Waals surface area contributed by atoms with E-state index in [1.807, 2.05) is 0 Å². The van der Waals surface area contributed by atoms with Crippen LogP contribution in [0.4, 0.5) is 0 Å². The maximum atomic E-state index is 3.18. The molecule has 0 aromatic carbocycles. The summed E-state index contributed by atoms with van der Waals surface area (Å²) < 4.78 is 0. The van der Waals surface area contributed by atoms with Gasteiger partial charge in [-0.15, -0.1) is 11.8 Å². The summed E-state index contributed by atoms with van der Waals surface area (Å²) in [6.07, 6.45) is 10.6. The molecule has 0 amide bonds. The quantitative estimate of drug-likeness (QED) is 0.526. The number of thioether (sulfide) groups is 1. The first-order valence-corrected chi connectivity index (χ1v) is 4.56. The van der Waals surface area contributed by atoms with E-state index in [9.17, 15) is 0 Å². The highest BCUT2D eigenvalue weighted by molar-refractivity contribution is 8.01. The highest BCUT2D eigenvalue weighted by atomic mass is 32.2. The fraction of sp³-hybridized carbons (Fsp3) is 0.200. The molecule has 1 atom stereocenters. The average Bonchev–Trinajstić information content (AvgIpc) is 2.06. The lowest BCUT2D eigenvalue weighted by molar-refractivity contribution is 1.22. The molecule has 0 saturated carbocycles. The van der Waals surface area contributed by atoms with Crippen molar-refractivity contribution in [2.45, 2.75) is 12.2 Å². The molecular formula is C10H9S. The van der Waals surface area contributed by atoms with E-state index in [1.165, 1.54) is 11.1 Å². The van der Waals surface area contributed by atoms with Crippen molar-refractivity contribution in [3.05, 3.63) is 46.9 Å². The van der Waals surface area contributed by atoms with E-state index in [0.717, 1.165) is 0 Å². The predicted octanol–water partition coefficient (Wildman–Crippen LogP) is 2.86. The molecule has 1 heteroatoms. The molecule has 1 radical (unpaired) electrons. The first-order chi connectivity index (χ1) is 5.38. The first kappa shape index (κ1) is 6.99. The van der Waals surface area contributed by atoms with E-state index in [1.54, 1.807) is 11.8 Å². The highest BCUT2D eigenvalue weighted by Crippen LogP contribution is 2.31. The fourth-order valence-corrected chi connectivity index (χ4v) is 2.21. The third kappa shape index (κ3) is 1.21. The minimum atomic E-state index is 0.519. The Morgan fingerprint density at radius 1 is 1.45 bits per heavy atom. The third-order valence-electron chi connectivity index (χ3n) is 1.91. The molecular weight excluding hydrogens is 152 g/mol. The SMILES string of the molecule is CC1=C2C=CC=CC2S[C]=C1. The monoisotopic (exact) mass is 161 g/mol. The molecule has 1 unspecified atom stereocenters. The second-order valence-corrected chi connectivity index (χ2v) is 3.66. The lowest BCUT2D eigenvalue weighted by atomic mass is 10.0. The molecule has 0 aromatic heterocycles. The molecule has 0 N–H and O–H groups in total. The molecule has 2 rings (SSSR count). The molecule has 0 saturated heterocycles. The van der Waals surface area contributed by atoms with Crippen LogP contribution in [0.2, 0.25) is 0 Å². The van der Waals surface area contributed by atoms with Crippen LogP contribution in [-0.4, -0.2) is 5.25 Å². The van der Waals surface area contributed by atoms with Gasteiger partial charge in [-0.25, -0.2) is 0 Å². The van der Waals surface area contributed by atoms with Crippen molar-refractivity contribution in [2.24, 2.45) is 0 Å². The average molecular weight is 161 g/mol. The Morgan fingerprint density at radius 3 is 3.18 bits per heavy atom. The van der Waals surface area contributed by atoms with Gasteiger partial charge in [0, 0.05) is 5.41 Å². The van der Waals surface area contributed by atoms with Crippen molar-refractivity contribution < 1.29 is 0 Å². The summed E-state index contributed by atoms with van der Waals surface area (Å²) in [5.74, 6) is 0. The van der Waals surface area contributed by atoms with Gasteiger partial charge in [-0.05, 0) is 24.1 Å². The first-order valence-electron chi connectivity index (χ1n) is 3.68. The summed E-state index contributed by atoms with van der Waals surface area (Å²) in [4.78, 5) is 0. The molecule has 1 heterocycles. The van der Waals surface area contributed by atoms with Gasteiger partial charge in [0.25, 0.3) is 0 Å². The van der Waals surface area contributed by atoms with Crippen LogP contribution in [0.25, 0.3) is 0 Å². The fourth-order valence-electron chi connectivity index (χ4n) is 1.26. The van der Waals surface area contributed by atoms with E-state index < -0.39 is 0 Å². The van der Waals surface area contributed by atoms with Gasteiger partial charge in [0.05, 0.1) is 5.25 Å². The standard InChI is InChI=1S/C10H9S/c1-8-6-7-11-10-5-3-2-4-9(8)10/h2-6,10H,1H3. The number of allylic oxidation sites excluding steroid dienone is 5. The second kappa shape index (κ2) is 2.74. The minimum Gasteiger partial charge on any atom is -0.113 e. The molecule has 2 aliphatic rings. The van der Waals surface area contributed by atoms with Gasteiger partial charge in [0.2, 0.25) is 0 Å². The van der Waals surface area contributed by atoms with Crippen molar-refractivity contribution in [1.29, 1.82) is 0 Å². The Balaban J connectivity index is 2.43. The van der Waals surface area contributed by atoms with Gasteiger partial charge in [0.15, 0.2) is 0 Å². The maximum absolute atomic E-state index is 3.18. The number of rotatable bonds is 0. The van der Waals surface area contributed by atoms with Crippen LogP contribution in [0.15, 0.2) is 41.5 Å². The normalized spacial score (nSPS) is 27.5. The van der Waals surface area contributed by atoms with Gasteiger partial charge in [-0.1, -0.05) is 24.3 Å². The zero-order valence-electron chi connectivity index (χ0n) is 6.37. The Hall–Kier alpha value is -0.690. The number of hydrogen-bond acceptors (Lipinski definition) is 1. The summed E-state index contributed by atoms with van der Waals surface area (Å²) in [7, 11) is 0. The van der Waals surface area contributed by atoms with Crippen LogP contribution in [0, 0.1) is 5.41 Å². The van der Waals surface area contributed by atoms with E-state index >= 15 is 0 Å². The Bertz CT molecular complexity index is 279. The summed E-state index contributed by atoms with van der Waals surface area (Å²) in [5.41, 5.74) is 2.77. The minimum absolute atomic E-state index is 0.519. The largest absolute Gasteiger partial charge is 0.113 e. The van der Waals surface area contributed by atoms with Crippen LogP contribution in [-0.2, 0) is 0 Å². The van der Waals surface area contributed by atoms with Crippen molar-refractivity contribution >= 4 is 11.8 Å². The van der Waals surface area contributed by atoms with Crippen molar-refractivity contribution in [1.82, 2.24) is 0 Å². The summed E-state index contributed by atoms with van der Waals surface area (Å²) in [6.45, 7) is 2.14. The van der Waals surface area contributed by atoms with Crippen LogP contribution in [0.1, 0.15) is 6.92 Å². The zero-order chi connectivity index (χ0) is 7.68. The molecule has 55 valence electrons. The Morgan fingerprint density at radius 2 is 2.36 bits per heavy atom. The number of hydrogen-bond donors (Lipinski definition) is 0. The Labute approximate surface area is 71.4 Å². The van der Waals surface area contributed by atoms with Gasteiger partial charge < -0.3 is 0 Å². The van der Waals surface area contributed by atoms with E-state index in [-0.39, 0.29) is 0 Å². The zero-order valence-corrected chi connectivity index (χ0v) is 7.19. The van der Waals surface area contributed by atoms with Crippen LogP contribution in [0.5, 0.6) is 0 Å². The third-order valence-corrected chi connectivity index (χ3v) is 2.82. The maximum Gasteiger partial charge on any atom is 0.0530 e. The van der Waals surface area contributed by atoms with Crippen molar-refractivity contribution in [3.63, 3.8) is 0 Å². The second-order valence-electron chi connectivity index (χ2n) is 2.68. The van der Waals surface area contributed by atoms with E-state index in [4.69, 9.17) is 0 Å². The molecule has 1 aliphatic carbocycles.